The smallest absolute Gasteiger partial charge is 0.410 e. The molecule has 0 aromatic carbocycles. The molecule has 0 aromatic heterocycles. The molecule has 0 aromatic rings. The van der Waals surface area contributed by atoms with E-state index in [0.717, 1.165) is 19.6 Å². The molecule has 1 aliphatic heterocycles. The topological polar surface area (TPSA) is 41.6 Å². The van der Waals surface area contributed by atoms with Crippen LogP contribution in [-0.4, -0.2) is 42.3 Å². The van der Waals surface area contributed by atoms with Gasteiger partial charge < -0.3 is 15.0 Å². The molecule has 1 amide bonds. The van der Waals surface area contributed by atoms with E-state index in [4.69, 9.17) is 4.74 Å². The molecular formula is C12H24N2O2. The third kappa shape index (κ3) is 4.00. The minimum atomic E-state index is -0.415. The Bertz CT molecular complexity index is 242. The number of nitrogens with zero attached hydrogens (tertiary/aromatic N) is 1. The van der Waals surface area contributed by atoms with Crippen LogP contribution >= 0.6 is 0 Å². The molecule has 94 valence electrons. The molecule has 0 atom stereocenters. The fraction of sp³-hybridized carbons (Fsp3) is 0.917. The van der Waals surface area contributed by atoms with Crippen molar-refractivity contribution in [3.63, 3.8) is 0 Å². The third-order valence-corrected chi connectivity index (χ3v) is 2.57. The van der Waals surface area contributed by atoms with E-state index in [9.17, 15) is 4.79 Å². The van der Waals surface area contributed by atoms with Gasteiger partial charge in [-0.3, -0.25) is 0 Å². The number of carbonyl (C=O) groups excluding carboxylic acids is 1. The van der Waals surface area contributed by atoms with Gasteiger partial charge in [0.25, 0.3) is 0 Å². The number of carbonyl (C=O) groups is 1. The maximum atomic E-state index is 12.0. The summed E-state index contributed by atoms with van der Waals surface area (Å²) in [6.45, 7) is 12.5. The molecule has 1 rings (SSSR count). The van der Waals surface area contributed by atoms with E-state index in [1.54, 1.807) is 0 Å². The summed E-state index contributed by atoms with van der Waals surface area (Å²) in [5.74, 6) is 0.579. The minimum absolute atomic E-state index is 0.190. The second kappa shape index (κ2) is 5.04. The average molecular weight is 228 g/mol. The van der Waals surface area contributed by atoms with Gasteiger partial charge in [0, 0.05) is 31.6 Å². The van der Waals surface area contributed by atoms with Crippen LogP contribution in [0.15, 0.2) is 0 Å². The van der Waals surface area contributed by atoms with Crippen LogP contribution in [0, 0.1) is 5.92 Å². The highest BCUT2D eigenvalue weighted by Crippen LogP contribution is 2.15. The summed E-state index contributed by atoms with van der Waals surface area (Å²) in [4.78, 5) is 13.8. The van der Waals surface area contributed by atoms with E-state index in [0.29, 0.717) is 5.92 Å². The average Bonchev–Trinajstić information content (AvgIpc) is 1.96. The van der Waals surface area contributed by atoms with E-state index in [1.165, 1.54) is 0 Å². The highest BCUT2D eigenvalue weighted by atomic mass is 16.6. The van der Waals surface area contributed by atoms with Crippen LogP contribution in [0.2, 0.25) is 0 Å². The lowest BCUT2D eigenvalue weighted by atomic mass is 10.0. The van der Waals surface area contributed by atoms with E-state index >= 15 is 0 Å². The minimum Gasteiger partial charge on any atom is -0.444 e. The Morgan fingerprint density at radius 1 is 1.44 bits per heavy atom. The Balaban J connectivity index is 2.51. The van der Waals surface area contributed by atoms with E-state index in [-0.39, 0.29) is 12.1 Å². The van der Waals surface area contributed by atoms with Gasteiger partial charge in [0.15, 0.2) is 0 Å². The molecule has 1 aliphatic rings. The van der Waals surface area contributed by atoms with Crippen molar-refractivity contribution in [2.24, 2.45) is 5.92 Å². The predicted octanol–water partition coefficient (Wildman–Crippen LogP) is 1.85. The van der Waals surface area contributed by atoms with E-state index < -0.39 is 5.60 Å². The summed E-state index contributed by atoms with van der Waals surface area (Å²) in [5.41, 5.74) is -0.415. The fourth-order valence-corrected chi connectivity index (χ4v) is 1.57. The molecule has 0 spiro atoms. The zero-order chi connectivity index (χ0) is 12.3. The Morgan fingerprint density at radius 2 is 2.00 bits per heavy atom. The lowest BCUT2D eigenvalue weighted by Crippen LogP contribution is -2.52. The maximum Gasteiger partial charge on any atom is 0.410 e. The Labute approximate surface area is 98.3 Å². The van der Waals surface area contributed by atoms with Crippen molar-refractivity contribution in [1.82, 2.24) is 10.2 Å². The molecule has 0 radical (unpaired) electrons. The van der Waals surface area contributed by atoms with Crippen LogP contribution in [0.1, 0.15) is 34.6 Å². The zero-order valence-corrected chi connectivity index (χ0v) is 11.0. The molecule has 16 heavy (non-hydrogen) atoms. The Hall–Kier alpha value is -0.770. The molecule has 1 N–H and O–H groups in total. The van der Waals surface area contributed by atoms with Gasteiger partial charge in [0.2, 0.25) is 0 Å². The first kappa shape index (κ1) is 13.3. The number of hydrogen-bond acceptors (Lipinski definition) is 3. The van der Waals surface area contributed by atoms with Gasteiger partial charge in [0.1, 0.15) is 5.60 Å². The van der Waals surface area contributed by atoms with Gasteiger partial charge in [-0.2, -0.15) is 0 Å². The molecule has 0 aliphatic carbocycles. The standard InChI is InChI=1S/C12H24N2O2/c1-9(2)14(8-10-6-13-7-10)11(15)16-12(3,4)5/h9-10,13H,6-8H2,1-5H3. The summed E-state index contributed by atoms with van der Waals surface area (Å²) < 4.78 is 5.40. The zero-order valence-electron chi connectivity index (χ0n) is 11.0. The van der Waals surface area contributed by atoms with Gasteiger partial charge in [0.05, 0.1) is 0 Å². The first-order valence-corrected chi connectivity index (χ1v) is 6.00. The van der Waals surface area contributed by atoms with E-state index in [2.05, 4.69) is 5.32 Å². The van der Waals surface area contributed by atoms with Crippen molar-refractivity contribution in [3.8, 4) is 0 Å². The van der Waals surface area contributed by atoms with Crippen molar-refractivity contribution in [2.45, 2.75) is 46.3 Å². The number of amides is 1. The van der Waals surface area contributed by atoms with Crippen LogP contribution in [0.5, 0.6) is 0 Å². The van der Waals surface area contributed by atoms with Gasteiger partial charge in [-0.25, -0.2) is 4.79 Å². The van der Waals surface area contributed by atoms with Gasteiger partial charge >= 0.3 is 6.09 Å². The first-order chi connectivity index (χ1) is 7.29. The van der Waals surface area contributed by atoms with Gasteiger partial charge in [-0.15, -0.1) is 0 Å². The summed E-state index contributed by atoms with van der Waals surface area (Å²) in [6, 6.07) is 0.190. The molecule has 0 saturated carbocycles. The summed E-state index contributed by atoms with van der Waals surface area (Å²) in [5, 5.41) is 3.21. The molecule has 4 nitrogen and oxygen atoms in total. The number of hydrogen-bond donors (Lipinski definition) is 1. The van der Waals surface area contributed by atoms with Gasteiger partial charge in [-0.05, 0) is 34.6 Å². The summed E-state index contributed by atoms with van der Waals surface area (Å²) >= 11 is 0. The number of ether oxygens (including phenoxy) is 1. The fourth-order valence-electron chi connectivity index (χ4n) is 1.57. The second-order valence-corrected chi connectivity index (χ2v) is 5.75. The summed E-state index contributed by atoms with van der Waals surface area (Å²) in [6.07, 6.45) is -0.200. The summed E-state index contributed by atoms with van der Waals surface area (Å²) in [7, 11) is 0. The molecule has 0 bridgehead atoms. The van der Waals surface area contributed by atoms with Crippen molar-refractivity contribution >= 4 is 6.09 Å². The Morgan fingerprint density at radius 3 is 2.31 bits per heavy atom. The molecule has 0 unspecified atom stereocenters. The van der Waals surface area contributed by atoms with E-state index in [1.807, 2.05) is 39.5 Å². The lowest BCUT2D eigenvalue weighted by Gasteiger charge is -2.36. The molecule has 1 saturated heterocycles. The van der Waals surface area contributed by atoms with Crippen molar-refractivity contribution in [2.75, 3.05) is 19.6 Å². The van der Waals surface area contributed by atoms with Crippen molar-refractivity contribution in [3.05, 3.63) is 0 Å². The lowest BCUT2D eigenvalue weighted by molar-refractivity contribution is 0.0137. The maximum absolute atomic E-state index is 12.0. The van der Waals surface area contributed by atoms with Gasteiger partial charge in [-0.1, -0.05) is 0 Å². The second-order valence-electron chi connectivity index (χ2n) is 5.75. The molecular weight excluding hydrogens is 204 g/mol. The Kier molecular flexibility index (Phi) is 4.19. The molecule has 1 fully saturated rings. The molecule has 1 heterocycles. The monoisotopic (exact) mass is 228 g/mol. The predicted molar refractivity (Wildman–Crippen MR) is 64.4 cm³/mol. The van der Waals surface area contributed by atoms with Crippen LogP contribution in [0.3, 0.4) is 0 Å². The van der Waals surface area contributed by atoms with Crippen molar-refractivity contribution in [1.29, 1.82) is 0 Å². The van der Waals surface area contributed by atoms with Crippen LogP contribution < -0.4 is 5.32 Å². The molecule has 4 heteroatoms. The van der Waals surface area contributed by atoms with Crippen LogP contribution in [0.25, 0.3) is 0 Å². The number of rotatable bonds is 3. The van der Waals surface area contributed by atoms with Crippen LogP contribution in [0.4, 0.5) is 4.79 Å². The largest absolute Gasteiger partial charge is 0.444 e. The first-order valence-electron chi connectivity index (χ1n) is 6.00. The normalized spacial score (nSPS) is 17.1. The SMILES string of the molecule is CC(C)N(CC1CNC1)C(=O)OC(C)(C)C. The van der Waals surface area contributed by atoms with Crippen LogP contribution in [-0.2, 0) is 4.74 Å². The number of nitrogens with one attached hydrogen (secondary N) is 1. The quantitative estimate of drug-likeness (QED) is 0.801. The van der Waals surface area contributed by atoms with Crippen molar-refractivity contribution < 1.29 is 9.53 Å². The highest BCUT2D eigenvalue weighted by Gasteiger charge is 2.28. The highest BCUT2D eigenvalue weighted by molar-refractivity contribution is 5.68. The third-order valence-electron chi connectivity index (χ3n) is 2.57.